The van der Waals surface area contributed by atoms with Crippen LogP contribution in [-0.2, 0) is 4.74 Å². The van der Waals surface area contributed by atoms with Crippen molar-refractivity contribution in [2.24, 2.45) is 20.8 Å². The Hall–Kier alpha value is -4.99. The van der Waals surface area contributed by atoms with E-state index in [1.54, 1.807) is 20.8 Å². The number of hydrogen-bond donors (Lipinski definition) is 2. The van der Waals surface area contributed by atoms with Gasteiger partial charge in [-0.05, 0) is 62.9 Å². The first kappa shape index (κ1) is 35.5. The van der Waals surface area contributed by atoms with Crippen LogP contribution in [0.4, 0.5) is 28.0 Å². The normalized spacial score (nSPS) is 12.8. The van der Waals surface area contributed by atoms with Gasteiger partial charge < -0.3 is 15.8 Å². The monoisotopic (exact) mass is 665 g/mol. The fourth-order valence-electron chi connectivity index (χ4n) is 4.09. The molecular formula is C29H32ClF4N9O3. The Labute approximate surface area is 267 Å². The van der Waals surface area contributed by atoms with Gasteiger partial charge in [-0.25, -0.2) is 14.5 Å². The van der Waals surface area contributed by atoms with Crippen LogP contribution < -0.4 is 16.1 Å². The number of ether oxygens (including phenoxy) is 1. The predicted molar refractivity (Wildman–Crippen MR) is 168 cm³/mol. The summed E-state index contributed by atoms with van der Waals surface area (Å²) in [6, 6.07) is 8.66. The minimum Gasteiger partial charge on any atom is -0.447 e. The average molecular weight is 666 g/mol. The molecule has 1 heterocycles. The van der Waals surface area contributed by atoms with Crippen molar-refractivity contribution in [3.05, 3.63) is 71.0 Å². The van der Waals surface area contributed by atoms with Gasteiger partial charge in [0.1, 0.15) is 12.9 Å². The maximum absolute atomic E-state index is 14.0. The lowest BCUT2D eigenvalue weighted by Crippen LogP contribution is -2.47. The highest BCUT2D eigenvalue weighted by Gasteiger charge is 2.32. The Kier molecular flexibility index (Phi) is 11.8. The Morgan fingerprint density at radius 3 is 2.37 bits per heavy atom. The van der Waals surface area contributed by atoms with E-state index in [2.05, 4.69) is 32.2 Å². The molecule has 0 aliphatic rings. The van der Waals surface area contributed by atoms with Crippen molar-refractivity contribution in [3.8, 4) is 11.1 Å². The predicted octanol–water partition coefficient (Wildman–Crippen LogP) is 5.92. The molecule has 17 heteroatoms. The molecule has 0 spiro atoms. The fourth-order valence-corrected chi connectivity index (χ4v) is 4.29. The first-order valence-corrected chi connectivity index (χ1v) is 13.8. The third-order valence-corrected chi connectivity index (χ3v) is 6.49. The summed E-state index contributed by atoms with van der Waals surface area (Å²) >= 11 is 6.26. The number of alkyl halides is 4. The molecule has 2 aromatic carbocycles. The minimum atomic E-state index is -3.15. The van der Waals surface area contributed by atoms with E-state index >= 15 is 0 Å². The van der Waals surface area contributed by atoms with E-state index in [0.717, 1.165) is 17.4 Å². The summed E-state index contributed by atoms with van der Waals surface area (Å²) in [5.74, 6) is -1.01. The number of guanidine groups is 1. The van der Waals surface area contributed by atoms with Crippen molar-refractivity contribution in [2.75, 3.05) is 18.7 Å². The Bertz CT molecular complexity index is 1590. The van der Waals surface area contributed by atoms with Gasteiger partial charge in [-0.2, -0.15) is 27.8 Å². The standard InChI is InChI=1S/C29H32ClF4N9O3/c1-29(2,3)40-28(45)46-15-23(19-10-11-21(30)22(12-19)43(26(33)34)39-16-36-4)42(27(35)37-5)24(44)18-8-6-17(7-9-18)20-13-38-41(14-20)25(31)32/h6-14,16,23,25-26H,4,15H2,1-3,5H3,(H2,35,37)(H,40,45)/b39-16-/t23-/m1/s1. The Balaban J connectivity index is 2.10. The molecule has 0 saturated heterocycles. The third-order valence-electron chi connectivity index (χ3n) is 6.17. The summed E-state index contributed by atoms with van der Waals surface area (Å²) in [7, 11) is 1.33. The fraction of sp³-hybridized carbons (Fsp3) is 0.310. The molecule has 0 bridgehead atoms. The number of anilines is 1. The smallest absolute Gasteiger partial charge is 0.407 e. The first-order valence-electron chi connectivity index (χ1n) is 13.5. The minimum absolute atomic E-state index is 0.0887. The van der Waals surface area contributed by atoms with E-state index in [9.17, 15) is 27.2 Å². The SMILES string of the molecule is C=N/C=N\N(c1cc([C@@H](COC(=O)NC(C)(C)C)N(C(=O)c2ccc(-c3cnn(C(F)F)c3)cc2)C(N)=NC)ccc1Cl)C(F)F. The third kappa shape index (κ3) is 9.03. The lowest BCUT2D eigenvalue weighted by atomic mass is 10.0. The molecule has 1 atom stereocenters. The zero-order valence-electron chi connectivity index (χ0n) is 25.2. The van der Waals surface area contributed by atoms with Crippen molar-refractivity contribution in [1.82, 2.24) is 20.0 Å². The van der Waals surface area contributed by atoms with Crippen molar-refractivity contribution >= 4 is 48.3 Å². The number of carbonyl (C=O) groups is 2. The van der Waals surface area contributed by atoms with E-state index < -0.39 is 43.3 Å². The number of carbonyl (C=O) groups excluding carboxylic acids is 2. The summed E-state index contributed by atoms with van der Waals surface area (Å²) in [6.45, 7) is 1.91. The van der Waals surface area contributed by atoms with Crippen LogP contribution in [0.25, 0.3) is 11.1 Å². The Morgan fingerprint density at radius 2 is 1.83 bits per heavy atom. The molecule has 3 aromatic rings. The number of halogens is 5. The molecule has 0 aliphatic heterocycles. The van der Waals surface area contributed by atoms with Gasteiger partial charge in [0.15, 0.2) is 5.96 Å². The zero-order chi connectivity index (χ0) is 34.2. The molecule has 0 saturated carbocycles. The molecule has 46 heavy (non-hydrogen) atoms. The van der Waals surface area contributed by atoms with Gasteiger partial charge in [0.2, 0.25) is 0 Å². The van der Waals surface area contributed by atoms with Crippen molar-refractivity contribution in [1.29, 1.82) is 0 Å². The van der Waals surface area contributed by atoms with E-state index in [4.69, 9.17) is 22.1 Å². The van der Waals surface area contributed by atoms with E-state index in [1.165, 1.54) is 55.7 Å². The van der Waals surface area contributed by atoms with Gasteiger partial charge in [-0.3, -0.25) is 19.7 Å². The van der Waals surface area contributed by atoms with Gasteiger partial charge >= 0.3 is 19.2 Å². The van der Waals surface area contributed by atoms with Gasteiger partial charge in [0.05, 0.1) is 22.9 Å². The van der Waals surface area contributed by atoms with Gasteiger partial charge in [-0.1, -0.05) is 29.8 Å². The number of hydrogen-bond acceptors (Lipinski definition) is 7. The molecule has 0 unspecified atom stereocenters. The van der Waals surface area contributed by atoms with Crippen molar-refractivity contribution in [2.45, 2.75) is 45.5 Å². The van der Waals surface area contributed by atoms with Crippen LogP contribution in [0.1, 0.15) is 49.3 Å². The lowest BCUT2D eigenvalue weighted by molar-refractivity contribution is 0.0566. The van der Waals surface area contributed by atoms with Crippen LogP contribution in [0.15, 0.2) is 69.9 Å². The summed E-state index contributed by atoms with van der Waals surface area (Å²) in [4.78, 5) is 35.0. The highest BCUT2D eigenvalue weighted by atomic mass is 35.5. The number of aliphatic imine (C=N–C) groups is 2. The van der Waals surface area contributed by atoms with Crippen LogP contribution in [0, 0.1) is 0 Å². The Morgan fingerprint density at radius 1 is 1.15 bits per heavy atom. The number of nitrogens with two attached hydrogens (primary N) is 1. The number of rotatable bonds is 11. The maximum atomic E-state index is 14.0. The van der Waals surface area contributed by atoms with Crippen LogP contribution >= 0.6 is 11.6 Å². The second-order valence-electron chi connectivity index (χ2n) is 10.6. The molecule has 0 radical (unpaired) electrons. The van der Waals surface area contributed by atoms with Crippen LogP contribution in [0.5, 0.6) is 0 Å². The summed E-state index contributed by atoms with van der Waals surface area (Å²) < 4.78 is 59.9. The number of benzene rings is 2. The summed E-state index contributed by atoms with van der Waals surface area (Å²) in [5.41, 5.74) is 6.43. The number of alkyl carbamates (subject to hydrolysis) is 1. The maximum Gasteiger partial charge on any atom is 0.407 e. The quantitative estimate of drug-likeness (QED) is 0.0855. The van der Waals surface area contributed by atoms with E-state index in [0.29, 0.717) is 20.8 Å². The van der Waals surface area contributed by atoms with Crippen molar-refractivity contribution < 1.29 is 31.9 Å². The molecule has 12 nitrogen and oxygen atoms in total. The molecule has 1 aromatic heterocycles. The van der Waals surface area contributed by atoms with Crippen LogP contribution in [0.2, 0.25) is 5.02 Å². The van der Waals surface area contributed by atoms with Gasteiger partial charge in [0.25, 0.3) is 5.91 Å². The number of nitrogens with zero attached hydrogens (tertiary/aromatic N) is 7. The van der Waals surface area contributed by atoms with Crippen LogP contribution in [0.3, 0.4) is 0 Å². The number of nitrogens with one attached hydrogen (secondary N) is 1. The lowest BCUT2D eigenvalue weighted by Gasteiger charge is -2.32. The summed E-state index contributed by atoms with van der Waals surface area (Å²) in [5, 5.41) is 10.0. The molecule has 0 aliphatic carbocycles. The average Bonchev–Trinajstić information content (AvgIpc) is 3.50. The van der Waals surface area contributed by atoms with Gasteiger partial charge in [-0.15, -0.1) is 0 Å². The van der Waals surface area contributed by atoms with Crippen molar-refractivity contribution in [3.63, 3.8) is 0 Å². The second kappa shape index (κ2) is 15.3. The second-order valence-corrected chi connectivity index (χ2v) is 11.0. The molecule has 0 fully saturated rings. The molecule has 3 N–H and O–H groups in total. The number of hydrazone groups is 1. The molecule has 3 rings (SSSR count). The molecule has 2 amide bonds. The first-order chi connectivity index (χ1) is 21.7. The number of amides is 2. The van der Waals surface area contributed by atoms with Gasteiger partial charge in [0, 0.05) is 29.9 Å². The number of aromatic nitrogens is 2. The highest BCUT2D eigenvalue weighted by Crippen LogP contribution is 2.34. The largest absolute Gasteiger partial charge is 0.447 e. The topological polar surface area (TPSA) is 143 Å². The molecule has 246 valence electrons. The zero-order valence-corrected chi connectivity index (χ0v) is 26.0. The van der Waals surface area contributed by atoms with Crippen LogP contribution in [-0.4, -0.2) is 71.4 Å². The summed E-state index contributed by atoms with van der Waals surface area (Å²) in [6.07, 6.45) is 2.38. The van der Waals surface area contributed by atoms with E-state index in [1.807, 2.05) is 0 Å². The van der Waals surface area contributed by atoms with E-state index in [-0.39, 0.29) is 27.8 Å². The molecular weight excluding hydrogens is 634 g/mol. The highest BCUT2D eigenvalue weighted by molar-refractivity contribution is 6.33.